The SMILES string of the molecule is CCCCCC/C=C\C=C/CCCCCCCC(=O)O[C@H](COC(=O)CCCCCCCCCCCCCCC)COP(=O)(O)OC[C@@H](O)COP(=O)(O)OC[C@@H](COC(=O)CCCCCCCCC)OC(=O)CCCCCCCCCCCCCCC. The molecule has 2 unspecified atom stereocenters. The van der Waals surface area contributed by atoms with E-state index in [9.17, 15) is 43.2 Å². The van der Waals surface area contributed by atoms with Gasteiger partial charge in [0.2, 0.25) is 0 Å². The van der Waals surface area contributed by atoms with Crippen LogP contribution in [0.5, 0.6) is 0 Å². The fourth-order valence-electron chi connectivity index (χ4n) is 9.98. The summed E-state index contributed by atoms with van der Waals surface area (Å²) < 4.78 is 68.1. The van der Waals surface area contributed by atoms with E-state index in [1.54, 1.807) is 0 Å². The van der Waals surface area contributed by atoms with Crippen molar-refractivity contribution in [1.29, 1.82) is 0 Å². The molecular formula is C69H130O17P2. The van der Waals surface area contributed by atoms with Crippen molar-refractivity contribution < 1.29 is 80.2 Å². The lowest BCUT2D eigenvalue weighted by Gasteiger charge is -2.21. The maximum absolute atomic E-state index is 13.0. The molecule has 0 heterocycles. The minimum Gasteiger partial charge on any atom is -0.462 e. The Labute approximate surface area is 535 Å². The van der Waals surface area contributed by atoms with Crippen LogP contribution in [0.25, 0.3) is 0 Å². The van der Waals surface area contributed by atoms with Gasteiger partial charge in [-0.25, -0.2) is 9.13 Å². The topological polar surface area (TPSA) is 237 Å². The molecule has 5 atom stereocenters. The van der Waals surface area contributed by atoms with Crippen LogP contribution in [0.2, 0.25) is 0 Å². The molecule has 17 nitrogen and oxygen atoms in total. The number of phosphoric acid groups is 2. The van der Waals surface area contributed by atoms with Crippen molar-refractivity contribution in [2.24, 2.45) is 0 Å². The van der Waals surface area contributed by atoms with Crippen molar-refractivity contribution >= 4 is 39.5 Å². The molecule has 0 fully saturated rings. The smallest absolute Gasteiger partial charge is 0.462 e. The molecule has 518 valence electrons. The lowest BCUT2D eigenvalue weighted by atomic mass is 10.0. The van der Waals surface area contributed by atoms with Gasteiger partial charge >= 0.3 is 39.5 Å². The third kappa shape index (κ3) is 62.4. The number of esters is 4. The quantitative estimate of drug-likeness (QED) is 0.0169. The van der Waals surface area contributed by atoms with E-state index in [0.717, 1.165) is 116 Å². The highest BCUT2D eigenvalue weighted by atomic mass is 31.2. The third-order valence-electron chi connectivity index (χ3n) is 15.5. The number of hydrogen-bond donors (Lipinski definition) is 3. The Kier molecular flexibility index (Phi) is 61.5. The number of unbranched alkanes of at least 4 members (excludes halogenated alkanes) is 39. The van der Waals surface area contributed by atoms with E-state index in [2.05, 4.69) is 52.0 Å². The summed E-state index contributed by atoms with van der Waals surface area (Å²) in [7, 11) is -9.90. The van der Waals surface area contributed by atoms with Crippen LogP contribution in [0.4, 0.5) is 0 Å². The van der Waals surface area contributed by atoms with Gasteiger partial charge in [0.25, 0.3) is 0 Å². The molecule has 0 bridgehead atoms. The van der Waals surface area contributed by atoms with Crippen LogP contribution < -0.4 is 0 Å². The lowest BCUT2D eigenvalue weighted by molar-refractivity contribution is -0.161. The van der Waals surface area contributed by atoms with Gasteiger partial charge in [0.1, 0.15) is 19.3 Å². The average Bonchev–Trinajstić information content (AvgIpc) is 3.71. The molecule has 0 amide bonds. The first-order valence-corrected chi connectivity index (χ1v) is 38.6. The van der Waals surface area contributed by atoms with Gasteiger partial charge < -0.3 is 33.8 Å². The molecule has 88 heavy (non-hydrogen) atoms. The van der Waals surface area contributed by atoms with Gasteiger partial charge in [0.15, 0.2) is 12.2 Å². The summed E-state index contributed by atoms with van der Waals surface area (Å²) in [6.45, 7) is 4.83. The molecule has 0 aromatic carbocycles. The number of aliphatic hydroxyl groups excluding tert-OH is 1. The molecule has 3 N–H and O–H groups in total. The summed E-state index contributed by atoms with van der Waals surface area (Å²) in [4.78, 5) is 72.3. The van der Waals surface area contributed by atoms with Crippen LogP contribution in [0.3, 0.4) is 0 Å². The predicted octanol–water partition coefficient (Wildman–Crippen LogP) is 19.4. The zero-order chi connectivity index (χ0) is 64.7. The summed E-state index contributed by atoms with van der Waals surface area (Å²) in [6, 6.07) is 0. The van der Waals surface area contributed by atoms with Crippen molar-refractivity contribution in [3.8, 4) is 0 Å². The minimum absolute atomic E-state index is 0.0857. The van der Waals surface area contributed by atoms with E-state index in [-0.39, 0.29) is 25.7 Å². The number of rotatable bonds is 68. The number of aliphatic hydroxyl groups is 1. The van der Waals surface area contributed by atoms with Crippen molar-refractivity contribution in [2.75, 3.05) is 39.6 Å². The van der Waals surface area contributed by atoms with E-state index < -0.39 is 97.5 Å². The largest absolute Gasteiger partial charge is 0.472 e. The predicted molar refractivity (Wildman–Crippen MR) is 354 cm³/mol. The molecule has 0 aliphatic heterocycles. The van der Waals surface area contributed by atoms with Gasteiger partial charge in [-0.05, 0) is 51.4 Å². The summed E-state index contributed by atoms with van der Waals surface area (Å²) >= 11 is 0. The van der Waals surface area contributed by atoms with Crippen LogP contribution in [0.15, 0.2) is 24.3 Å². The maximum atomic E-state index is 13.0. The molecule has 0 aromatic heterocycles. The van der Waals surface area contributed by atoms with Crippen LogP contribution >= 0.6 is 15.6 Å². The summed E-state index contributed by atoms with van der Waals surface area (Å²) in [6.07, 6.45) is 53.5. The fourth-order valence-corrected chi connectivity index (χ4v) is 11.6. The lowest BCUT2D eigenvalue weighted by Crippen LogP contribution is -2.30. The van der Waals surface area contributed by atoms with Gasteiger partial charge in [-0.2, -0.15) is 0 Å². The Morgan fingerprint density at radius 3 is 0.830 bits per heavy atom. The number of hydrogen-bond acceptors (Lipinski definition) is 15. The number of phosphoric ester groups is 2. The monoisotopic (exact) mass is 1290 g/mol. The Morgan fingerprint density at radius 1 is 0.318 bits per heavy atom. The fraction of sp³-hybridized carbons (Fsp3) is 0.884. The molecule has 19 heteroatoms. The molecule has 0 rings (SSSR count). The molecular weight excluding hydrogens is 1160 g/mol. The molecule has 0 spiro atoms. The first-order valence-electron chi connectivity index (χ1n) is 35.6. The van der Waals surface area contributed by atoms with E-state index in [0.29, 0.717) is 25.7 Å². The van der Waals surface area contributed by atoms with Crippen LogP contribution in [-0.4, -0.2) is 96.7 Å². The second kappa shape index (κ2) is 63.3. The van der Waals surface area contributed by atoms with Crippen molar-refractivity contribution in [3.05, 3.63) is 24.3 Å². The Bertz CT molecular complexity index is 1780. The molecule has 0 saturated heterocycles. The zero-order valence-electron chi connectivity index (χ0n) is 56.2. The number of ether oxygens (including phenoxy) is 4. The van der Waals surface area contributed by atoms with Gasteiger partial charge in [-0.15, -0.1) is 0 Å². The van der Waals surface area contributed by atoms with E-state index in [1.165, 1.54) is 141 Å². The van der Waals surface area contributed by atoms with Gasteiger partial charge in [-0.3, -0.25) is 37.3 Å². The third-order valence-corrected chi connectivity index (χ3v) is 17.4. The highest BCUT2D eigenvalue weighted by molar-refractivity contribution is 7.47. The first kappa shape index (κ1) is 85.5. The van der Waals surface area contributed by atoms with E-state index in [1.807, 2.05) is 0 Å². The van der Waals surface area contributed by atoms with E-state index >= 15 is 0 Å². The minimum atomic E-state index is -4.96. The van der Waals surface area contributed by atoms with Gasteiger partial charge in [-0.1, -0.05) is 283 Å². The Hall–Kier alpha value is -2.46. The second-order valence-electron chi connectivity index (χ2n) is 24.2. The van der Waals surface area contributed by atoms with Crippen LogP contribution in [0.1, 0.15) is 336 Å². The van der Waals surface area contributed by atoms with E-state index in [4.69, 9.17) is 37.0 Å². The average molecular weight is 1290 g/mol. The molecule has 0 radical (unpaired) electrons. The highest BCUT2D eigenvalue weighted by Crippen LogP contribution is 2.45. The first-order chi connectivity index (χ1) is 42.7. The Balaban J connectivity index is 5.25. The normalized spacial score (nSPS) is 14.2. The molecule has 0 aliphatic rings. The molecule has 0 aromatic rings. The zero-order valence-corrected chi connectivity index (χ0v) is 58.0. The van der Waals surface area contributed by atoms with Crippen molar-refractivity contribution in [1.82, 2.24) is 0 Å². The Morgan fingerprint density at radius 2 is 0.545 bits per heavy atom. The van der Waals surface area contributed by atoms with Gasteiger partial charge in [0, 0.05) is 25.7 Å². The van der Waals surface area contributed by atoms with Crippen molar-refractivity contribution in [3.63, 3.8) is 0 Å². The van der Waals surface area contributed by atoms with Crippen molar-refractivity contribution in [2.45, 2.75) is 354 Å². The number of carbonyl (C=O) groups is 4. The van der Waals surface area contributed by atoms with Crippen LogP contribution in [-0.2, 0) is 65.4 Å². The maximum Gasteiger partial charge on any atom is 0.472 e. The number of carbonyl (C=O) groups excluding carboxylic acids is 4. The molecule has 0 aliphatic carbocycles. The number of allylic oxidation sites excluding steroid dienone is 4. The highest BCUT2D eigenvalue weighted by Gasteiger charge is 2.30. The second-order valence-corrected chi connectivity index (χ2v) is 27.1. The summed E-state index contributed by atoms with van der Waals surface area (Å²) in [5, 5.41) is 10.6. The standard InChI is InChI=1S/C69H130O17P2/c1-5-9-13-17-21-24-27-30-31-34-37-40-44-48-52-56-69(74)86-65(60-80-67(72)54-50-46-42-38-35-32-28-25-22-18-14-10-6-2)62-84-88(77,78)82-58-63(70)57-81-87(75,76)83-61-64(59-79-66(71)53-49-45-41-20-16-12-8-4)85-68(73)55-51-47-43-39-36-33-29-26-23-19-15-11-7-3/h24,27,30-31,63-65,70H,5-23,25-26,28-29,32-62H2,1-4H3,(H,75,76)(H,77,78)/b27-24-,31-30-/t63-,64+,65+/m0/s1. The van der Waals surface area contributed by atoms with Gasteiger partial charge in [0.05, 0.1) is 26.4 Å². The van der Waals surface area contributed by atoms with Crippen LogP contribution in [0, 0.1) is 0 Å². The summed E-state index contributed by atoms with van der Waals surface area (Å²) in [5.41, 5.74) is 0. The summed E-state index contributed by atoms with van der Waals surface area (Å²) in [5.74, 6) is -2.16. The molecule has 0 saturated carbocycles.